The molecule has 26 heavy (non-hydrogen) atoms. The predicted molar refractivity (Wildman–Crippen MR) is 100 cm³/mol. The van der Waals surface area contributed by atoms with Crippen molar-refractivity contribution >= 4 is 17.7 Å². The van der Waals surface area contributed by atoms with Crippen LogP contribution in [0.25, 0.3) is 11.4 Å². The van der Waals surface area contributed by atoms with Gasteiger partial charge in [0.15, 0.2) is 11.0 Å². The number of nitrogens with zero attached hydrogens (tertiary/aromatic N) is 3. The van der Waals surface area contributed by atoms with Gasteiger partial charge in [-0.1, -0.05) is 54.2 Å². The predicted octanol–water partition coefficient (Wildman–Crippen LogP) is 3.59. The monoisotopic (exact) mass is 370 g/mol. The third kappa shape index (κ3) is 4.29. The van der Waals surface area contributed by atoms with E-state index in [4.69, 9.17) is 0 Å². The zero-order valence-corrected chi connectivity index (χ0v) is 15.3. The third-order valence-electron chi connectivity index (χ3n) is 3.93. The zero-order chi connectivity index (χ0) is 18.5. The fourth-order valence-corrected chi connectivity index (χ4v) is 3.28. The molecule has 5 nitrogen and oxygen atoms in total. The topological polar surface area (TPSA) is 59.8 Å². The van der Waals surface area contributed by atoms with Gasteiger partial charge < -0.3 is 9.88 Å². The van der Waals surface area contributed by atoms with Gasteiger partial charge in [-0.3, -0.25) is 4.79 Å². The molecular weight excluding hydrogens is 351 g/mol. The smallest absolute Gasteiger partial charge is 0.230 e. The lowest BCUT2D eigenvalue weighted by Crippen LogP contribution is -2.28. The summed E-state index contributed by atoms with van der Waals surface area (Å²) in [6.07, 6.45) is 0. The van der Waals surface area contributed by atoms with Crippen LogP contribution in [-0.4, -0.2) is 26.4 Å². The summed E-state index contributed by atoms with van der Waals surface area (Å²) in [4.78, 5) is 12.2. The molecule has 0 unspecified atom stereocenters. The molecule has 1 atom stereocenters. The van der Waals surface area contributed by atoms with E-state index in [-0.39, 0.29) is 23.5 Å². The first kappa shape index (κ1) is 18.1. The molecule has 0 radical (unpaired) electrons. The van der Waals surface area contributed by atoms with Gasteiger partial charge >= 0.3 is 0 Å². The van der Waals surface area contributed by atoms with Gasteiger partial charge in [0.2, 0.25) is 5.91 Å². The van der Waals surface area contributed by atoms with Crippen LogP contribution in [0.5, 0.6) is 0 Å². The van der Waals surface area contributed by atoms with E-state index in [1.165, 1.54) is 23.9 Å². The number of benzene rings is 2. The van der Waals surface area contributed by atoms with Gasteiger partial charge in [-0.05, 0) is 24.6 Å². The molecule has 0 saturated carbocycles. The van der Waals surface area contributed by atoms with Crippen molar-refractivity contribution in [2.75, 3.05) is 5.75 Å². The number of amides is 1. The number of carbonyl (C=O) groups is 1. The molecule has 7 heteroatoms. The number of halogens is 1. The van der Waals surface area contributed by atoms with Crippen LogP contribution in [-0.2, 0) is 11.8 Å². The molecule has 0 spiro atoms. The molecule has 1 heterocycles. The molecule has 3 rings (SSSR count). The van der Waals surface area contributed by atoms with Crippen molar-refractivity contribution < 1.29 is 9.18 Å². The maximum atomic E-state index is 13.4. The van der Waals surface area contributed by atoms with Gasteiger partial charge in [-0.25, -0.2) is 4.39 Å². The van der Waals surface area contributed by atoms with Crippen LogP contribution in [0.4, 0.5) is 4.39 Å². The Kier molecular flexibility index (Phi) is 5.68. The van der Waals surface area contributed by atoms with E-state index in [1.54, 1.807) is 23.7 Å². The second-order valence-corrected chi connectivity index (χ2v) is 6.81. The van der Waals surface area contributed by atoms with Crippen molar-refractivity contribution in [2.24, 2.45) is 7.05 Å². The SMILES string of the molecule is C[C@@H](NC(=O)CSc1nnc(-c2cccc(F)c2)n1C)c1ccccc1. The van der Waals surface area contributed by atoms with Crippen molar-refractivity contribution in [3.63, 3.8) is 0 Å². The van der Waals surface area contributed by atoms with Crippen LogP contribution in [0.3, 0.4) is 0 Å². The lowest BCUT2D eigenvalue weighted by molar-refractivity contribution is -0.119. The summed E-state index contributed by atoms with van der Waals surface area (Å²) >= 11 is 1.30. The highest BCUT2D eigenvalue weighted by molar-refractivity contribution is 7.99. The Morgan fingerprint density at radius 2 is 1.96 bits per heavy atom. The summed E-state index contributed by atoms with van der Waals surface area (Å²) in [5.41, 5.74) is 1.70. The molecule has 1 amide bonds. The summed E-state index contributed by atoms with van der Waals surface area (Å²) < 4.78 is 15.1. The Morgan fingerprint density at radius 1 is 1.19 bits per heavy atom. The normalized spacial score (nSPS) is 12.0. The van der Waals surface area contributed by atoms with E-state index in [2.05, 4.69) is 15.5 Å². The van der Waals surface area contributed by atoms with Crippen molar-refractivity contribution in [1.82, 2.24) is 20.1 Å². The average Bonchev–Trinajstić information content (AvgIpc) is 3.01. The van der Waals surface area contributed by atoms with E-state index in [1.807, 2.05) is 37.3 Å². The Balaban J connectivity index is 1.61. The average molecular weight is 370 g/mol. The molecule has 1 aromatic heterocycles. The molecule has 0 aliphatic carbocycles. The maximum absolute atomic E-state index is 13.4. The second kappa shape index (κ2) is 8.14. The molecule has 0 aliphatic heterocycles. The van der Waals surface area contributed by atoms with Crippen molar-refractivity contribution in [3.05, 3.63) is 66.0 Å². The number of carbonyl (C=O) groups excluding carboxylic acids is 1. The summed E-state index contributed by atoms with van der Waals surface area (Å²) in [5.74, 6) is 0.382. The largest absolute Gasteiger partial charge is 0.349 e. The fourth-order valence-electron chi connectivity index (χ4n) is 2.56. The zero-order valence-electron chi connectivity index (χ0n) is 14.5. The maximum Gasteiger partial charge on any atom is 0.230 e. The van der Waals surface area contributed by atoms with Gasteiger partial charge in [0.1, 0.15) is 5.82 Å². The number of thioether (sulfide) groups is 1. The van der Waals surface area contributed by atoms with E-state index < -0.39 is 0 Å². The minimum absolute atomic E-state index is 0.0633. The number of rotatable bonds is 6. The number of aromatic nitrogens is 3. The standard InChI is InChI=1S/C19H19FN4OS/c1-13(14-7-4-3-5-8-14)21-17(25)12-26-19-23-22-18(24(19)2)15-9-6-10-16(20)11-15/h3-11,13H,12H2,1-2H3,(H,21,25)/t13-/m1/s1. The first-order chi connectivity index (χ1) is 12.5. The van der Waals surface area contributed by atoms with Gasteiger partial charge in [0.05, 0.1) is 11.8 Å². The molecule has 1 N–H and O–H groups in total. The number of hydrogen-bond acceptors (Lipinski definition) is 4. The molecule has 0 saturated heterocycles. The first-order valence-electron chi connectivity index (χ1n) is 8.17. The molecule has 3 aromatic rings. The van der Waals surface area contributed by atoms with Crippen LogP contribution in [0, 0.1) is 5.82 Å². The minimum atomic E-state index is -0.325. The van der Waals surface area contributed by atoms with Gasteiger partial charge in [-0.2, -0.15) is 0 Å². The van der Waals surface area contributed by atoms with Gasteiger partial charge in [0.25, 0.3) is 0 Å². The fraction of sp³-hybridized carbons (Fsp3) is 0.211. The number of hydrogen-bond donors (Lipinski definition) is 1. The first-order valence-corrected chi connectivity index (χ1v) is 9.15. The minimum Gasteiger partial charge on any atom is -0.349 e. The van der Waals surface area contributed by atoms with E-state index in [0.29, 0.717) is 16.5 Å². The highest BCUT2D eigenvalue weighted by atomic mass is 32.2. The molecule has 0 fully saturated rings. The molecule has 134 valence electrons. The van der Waals surface area contributed by atoms with Crippen molar-refractivity contribution in [3.8, 4) is 11.4 Å². The Morgan fingerprint density at radius 3 is 2.69 bits per heavy atom. The van der Waals surface area contributed by atoms with E-state index >= 15 is 0 Å². The highest BCUT2D eigenvalue weighted by Gasteiger charge is 2.14. The Bertz CT molecular complexity index is 898. The Hall–Kier alpha value is -2.67. The van der Waals surface area contributed by atoms with E-state index in [9.17, 15) is 9.18 Å². The lowest BCUT2D eigenvalue weighted by atomic mass is 10.1. The van der Waals surface area contributed by atoms with Crippen LogP contribution in [0.1, 0.15) is 18.5 Å². The summed E-state index contributed by atoms with van der Waals surface area (Å²) in [6.45, 7) is 1.95. The second-order valence-electron chi connectivity index (χ2n) is 5.86. The molecule has 0 bridgehead atoms. The molecule has 0 aliphatic rings. The van der Waals surface area contributed by atoms with Crippen LogP contribution in [0.2, 0.25) is 0 Å². The molecular formula is C19H19FN4OS. The summed E-state index contributed by atoms with van der Waals surface area (Å²) in [7, 11) is 1.80. The van der Waals surface area contributed by atoms with Crippen LogP contribution >= 0.6 is 11.8 Å². The van der Waals surface area contributed by atoms with Crippen LogP contribution in [0.15, 0.2) is 59.8 Å². The highest BCUT2D eigenvalue weighted by Crippen LogP contribution is 2.23. The quantitative estimate of drug-likeness (QED) is 0.674. The summed E-state index contributed by atoms with van der Waals surface area (Å²) in [5, 5.41) is 11.8. The van der Waals surface area contributed by atoms with Gasteiger partial charge in [-0.15, -0.1) is 10.2 Å². The molecule has 2 aromatic carbocycles. The van der Waals surface area contributed by atoms with Crippen LogP contribution < -0.4 is 5.32 Å². The number of nitrogens with one attached hydrogen (secondary N) is 1. The third-order valence-corrected chi connectivity index (χ3v) is 4.95. The van der Waals surface area contributed by atoms with Crippen molar-refractivity contribution in [2.45, 2.75) is 18.1 Å². The van der Waals surface area contributed by atoms with Gasteiger partial charge in [0, 0.05) is 12.6 Å². The Labute approximate surface area is 155 Å². The summed E-state index contributed by atoms with van der Waals surface area (Å²) in [6, 6.07) is 15.9. The van der Waals surface area contributed by atoms with E-state index in [0.717, 1.165) is 5.56 Å². The lowest BCUT2D eigenvalue weighted by Gasteiger charge is -2.13. The van der Waals surface area contributed by atoms with Crippen molar-refractivity contribution in [1.29, 1.82) is 0 Å².